The van der Waals surface area contributed by atoms with Crippen LogP contribution in [0.15, 0.2) is 140 Å². The van der Waals surface area contributed by atoms with E-state index < -0.39 is 0 Å². The third-order valence-electron chi connectivity index (χ3n) is 9.09. The number of rotatable bonds is 2. The van der Waals surface area contributed by atoms with E-state index in [-0.39, 0.29) is 0 Å². The quantitative estimate of drug-likeness (QED) is 0.182. The van der Waals surface area contributed by atoms with Crippen molar-refractivity contribution in [3.05, 3.63) is 140 Å². The van der Waals surface area contributed by atoms with Gasteiger partial charge < -0.3 is 0 Å². The Morgan fingerprint density at radius 2 is 0.841 bits per heavy atom. The Labute approximate surface area is 261 Å². The van der Waals surface area contributed by atoms with Crippen LogP contribution >= 0.6 is 22.7 Å². The predicted octanol–water partition coefficient (Wildman–Crippen LogP) is 12.6. The van der Waals surface area contributed by atoms with Crippen LogP contribution in [0.5, 0.6) is 0 Å². The summed E-state index contributed by atoms with van der Waals surface area (Å²) in [5, 5.41) is 13.0. The van der Waals surface area contributed by atoms with Crippen LogP contribution in [0.2, 0.25) is 0 Å². The number of benzene rings is 7. The normalized spacial score (nSPS) is 12.1. The summed E-state index contributed by atoms with van der Waals surface area (Å²) < 4.78 is 3.86. The summed E-state index contributed by atoms with van der Waals surface area (Å²) in [5.41, 5.74) is 4.66. The molecular formula is C41H23NS2. The lowest BCUT2D eigenvalue weighted by Crippen LogP contribution is -1.87. The number of pyridine rings is 1. The Hall–Kier alpha value is -5.09. The minimum absolute atomic E-state index is 1.07. The van der Waals surface area contributed by atoms with Gasteiger partial charge in [0.25, 0.3) is 0 Å². The summed E-state index contributed by atoms with van der Waals surface area (Å²) in [6, 6.07) is 51.0. The van der Waals surface area contributed by atoms with Gasteiger partial charge in [0.2, 0.25) is 0 Å². The Bertz CT molecular complexity index is 2730. The van der Waals surface area contributed by atoms with Gasteiger partial charge in [0.05, 0.1) is 10.4 Å². The van der Waals surface area contributed by atoms with Gasteiger partial charge in [-0.3, -0.25) is 0 Å². The third kappa shape index (κ3) is 3.42. The Morgan fingerprint density at radius 1 is 0.364 bits per heavy atom. The highest BCUT2D eigenvalue weighted by atomic mass is 32.1. The number of nitrogens with zero attached hydrogens (tertiary/aromatic N) is 1. The lowest BCUT2D eigenvalue weighted by Gasteiger charge is -2.12. The highest BCUT2D eigenvalue weighted by molar-refractivity contribution is 7.28. The summed E-state index contributed by atoms with van der Waals surface area (Å²) in [6.45, 7) is 0. The largest absolute Gasteiger partial charge is 0.235 e. The van der Waals surface area contributed by atoms with Crippen molar-refractivity contribution in [1.82, 2.24) is 4.98 Å². The fraction of sp³-hybridized carbons (Fsp3) is 0. The second-order valence-electron chi connectivity index (χ2n) is 11.5. The van der Waals surface area contributed by atoms with Gasteiger partial charge in [0, 0.05) is 36.5 Å². The third-order valence-corrected chi connectivity index (χ3v) is 11.3. The second-order valence-corrected chi connectivity index (χ2v) is 13.6. The summed E-state index contributed by atoms with van der Waals surface area (Å²) in [6.07, 6.45) is 0. The monoisotopic (exact) mass is 593 g/mol. The molecule has 0 amide bonds. The van der Waals surface area contributed by atoms with Gasteiger partial charge in [-0.2, -0.15) is 0 Å². The standard InChI is InChI=1S/C41H23NS2/c1-2-11-29-27(9-1)28-10-3-4-12-30(28)34-23-26(21-22-31(29)34)24-17-19-25(20-18-24)39-40-37(32-13-5-7-15-35(32)43-40)38-33-14-6-8-16-36(33)44-41(38)42-39/h1-23H. The van der Waals surface area contributed by atoms with Crippen molar-refractivity contribution in [3.8, 4) is 22.4 Å². The van der Waals surface area contributed by atoms with Crippen molar-refractivity contribution in [1.29, 1.82) is 0 Å². The van der Waals surface area contributed by atoms with Crippen molar-refractivity contribution in [2.24, 2.45) is 0 Å². The van der Waals surface area contributed by atoms with Crippen LogP contribution in [0.4, 0.5) is 0 Å². The Morgan fingerprint density at radius 3 is 1.50 bits per heavy atom. The Balaban J connectivity index is 1.17. The van der Waals surface area contributed by atoms with Gasteiger partial charge in [-0.15, -0.1) is 22.7 Å². The van der Waals surface area contributed by atoms with E-state index >= 15 is 0 Å². The molecule has 0 saturated carbocycles. The molecule has 204 valence electrons. The first-order valence-electron chi connectivity index (χ1n) is 14.9. The molecule has 0 aliphatic heterocycles. The van der Waals surface area contributed by atoms with Gasteiger partial charge in [-0.1, -0.05) is 121 Å². The minimum atomic E-state index is 1.07. The fourth-order valence-electron chi connectivity index (χ4n) is 7.07. The highest BCUT2D eigenvalue weighted by Gasteiger charge is 2.19. The zero-order chi connectivity index (χ0) is 28.8. The zero-order valence-electron chi connectivity index (χ0n) is 23.5. The highest BCUT2D eigenvalue weighted by Crippen LogP contribution is 2.47. The van der Waals surface area contributed by atoms with Gasteiger partial charge in [-0.05, 0) is 61.6 Å². The number of aromatic nitrogens is 1. The molecule has 0 atom stereocenters. The van der Waals surface area contributed by atoms with E-state index in [0.29, 0.717) is 0 Å². The molecule has 7 aromatic carbocycles. The summed E-state index contributed by atoms with van der Waals surface area (Å²) in [5.74, 6) is 0. The molecule has 0 N–H and O–H groups in total. The molecular weight excluding hydrogens is 571 g/mol. The first-order chi connectivity index (χ1) is 21.8. The lowest BCUT2D eigenvalue weighted by atomic mass is 9.92. The van der Waals surface area contributed by atoms with Crippen LogP contribution in [0.25, 0.3) is 95.2 Å². The SMILES string of the molecule is c1ccc2c(c1)sc1nc(-c3ccc(-c4ccc5c6ccccc6c6ccccc6c5c4)cc3)c3sc4ccccc4c3c12. The smallest absolute Gasteiger partial charge is 0.125 e. The van der Waals surface area contributed by atoms with E-state index in [4.69, 9.17) is 4.98 Å². The molecule has 0 aliphatic rings. The van der Waals surface area contributed by atoms with Crippen LogP contribution in [0.3, 0.4) is 0 Å². The van der Waals surface area contributed by atoms with Gasteiger partial charge >= 0.3 is 0 Å². The van der Waals surface area contributed by atoms with Crippen LogP contribution in [0, 0.1) is 0 Å². The van der Waals surface area contributed by atoms with Gasteiger partial charge in [0.1, 0.15) is 4.83 Å². The van der Waals surface area contributed by atoms with Crippen molar-refractivity contribution in [3.63, 3.8) is 0 Å². The molecule has 44 heavy (non-hydrogen) atoms. The van der Waals surface area contributed by atoms with E-state index in [1.54, 1.807) is 11.3 Å². The average molecular weight is 594 g/mol. The molecule has 0 fully saturated rings. The van der Waals surface area contributed by atoms with Crippen molar-refractivity contribution < 1.29 is 0 Å². The number of hydrogen-bond acceptors (Lipinski definition) is 3. The number of thiophene rings is 2. The molecule has 3 heterocycles. The number of fused-ring (bicyclic) bond motifs is 13. The summed E-state index contributed by atoms with van der Waals surface area (Å²) in [4.78, 5) is 6.45. The van der Waals surface area contributed by atoms with Crippen LogP contribution in [-0.4, -0.2) is 4.98 Å². The van der Waals surface area contributed by atoms with Gasteiger partial charge in [-0.25, -0.2) is 4.98 Å². The molecule has 10 rings (SSSR count). The van der Waals surface area contributed by atoms with E-state index in [2.05, 4.69) is 140 Å². The molecule has 0 radical (unpaired) electrons. The first-order valence-corrected chi connectivity index (χ1v) is 16.5. The fourth-order valence-corrected chi connectivity index (χ4v) is 9.38. The van der Waals surface area contributed by atoms with E-state index in [1.165, 1.54) is 79.1 Å². The van der Waals surface area contributed by atoms with E-state index in [1.807, 2.05) is 11.3 Å². The molecule has 3 heteroatoms. The Kier molecular flexibility index (Phi) is 5.10. The van der Waals surface area contributed by atoms with Crippen molar-refractivity contribution in [2.45, 2.75) is 0 Å². The van der Waals surface area contributed by atoms with Crippen molar-refractivity contribution in [2.75, 3.05) is 0 Å². The molecule has 0 bridgehead atoms. The van der Waals surface area contributed by atoms with Crippen LogP contribution in [-0.2, 0) is 0 Å². The molecule has 0 unspecified atom stereocenters. The second kappa shape index (κ2) is 9.20. The molecule has 1 nitrogen and oxygen atoms in total. The lowest BCUT2D eigenvalue weighted by molar-refractivity contribution is 1.47. The minimum Gasteiger partial charge on any atom is -0.235 e. The molecule has 10 aromatic rings. The maximum atomic E-state index is 5.34. The number of hydrogen-bond donors (Lipinski definition) is 0. The molecule has 0 aliphatic carbocycles. The summed E-state index contributed by atoms with van der Waals surface area (Å²) in [7, 11) is 0. The van der Waals surface area contributed by atoms with Crippen LogP contribution in [0.1, 0.15) is 0 Å². The van der Waals surface area contributed by atoms with Gasteiger partial charge in [0.15, 0.2) is 0 Å². The maximum Gasteiger partial charge on any atom is 0.125 e. The zero-order valence-corrected chi connectivity index (χ0v) is 25.2. The van der Waals surface area contributed by atoms with Crippen molar-refractivity contribution >= 4 is 95.5 Å². The van der Waals surface area contributed by atoms with E-state index in [9.17, 15) is 0 Å². The topological polar surface area (TPSA) is 12.9 Å². The van der Waals surface area contributed by atoms with E-state index in [0.717, 1.165) is 16.1 Å². The average Bonchev–Trinajstić information content (AvgIpc) is 3.66. The van der Waals surface area contributed by atoms with Crippen LogP contribution < -0.4 is 0 Å². The first kappa shape index (κ1) is 24.4. The molecule has 3 aromatic heterocycles. The molecule has 0 saturated heterocycles. The maximum absolute atomic E-state index is 5.34. The molecule has 0 spiro atoms. The predicted molar refractivity (Wildman–Crippen MR) is 193 cm³/mol. The summed E-state index contributed by atoms with van der Waals surface area (Å²) >= 11 is 3.65.